The largest absolute Gasteiger partial charge is 0.313 e. The third-order valence-electron chi connectivity index (χ3n) is 13.3. The van der Waals surface area contributed by atoms with Crippen LogP contribution in [0.4, 0.5) is 0 Å². The number of benzene rings is 7. The van der Waals surface area contributed by atoms with Crippen LogP contribution in [0.2, 0.25) is 0 Å². The Hall–Kier alpha value is -7.44. The summed E-state index contributed by atoms with van der Waals surface area (Å²) in [7, 11) is 0. The van der Waals surface area contributed by atoms with Gasteiger partial charge in [-0.3, -0.25) is 9.13 Å². The molecule has 1 unspecified atom stereocenters. The molecule has 11 aromatic rings. The molecule has 1 atom stereocenters. The fraction of sp³-hybridized carbons (Fsp3) is 0.0385. The van der Waals surface area contributed by atoms with Gasteiger partial charge in [0.05, 0.1) is 11.0 Å². The molecule has 6 heterocycles. The van der Waals surface area contributed by atoms with Crippen LogP contribution in [0.5, 0.6) is 0 Å². The summed E-state index contributed by atoms with van der Waals surface area (Å²) in [5.41, 5.74) is 20.3. The van der Waals surface area contributed by atoms with E-state index in [4.69, 9.17) is 9.97 Å². The van der Waals surface area contributed by atoms with Crippen LogP contribution < -0.4 is 16.4 Å². The van der Waals surface area contributed by atoms with Crippen LogP contribution >= 0.6 is 0 Å². The molecule has 7 aromatic carbocycles. The summed E-state index contributed by atoms with van der Waals surface area (Å²) in [6.45, 7) is 0.0281. The number of fused-ring (bicyclic) bond motifs is 14. The predicted octanol–water partition coefficient (Wildman–Crippen LogP) is 9.63. The fourth-order valence-corrected chi connectivity index (χ4v) is 11.2. The van der Waals surface area contributed by atoms with Gasteiger partial charge in [0.15, 0.2) is 5.82 Å². The highest BCUT2D eigenvalue weighted by Crippen LogP contribution is 2.50. The lowest BCUT2D eigenvalue weighted by Crippen LogP contribution is -2.59. The van der Waals surface area contributed by atoms with Gasteiger partial charge in [-0.2, -0.15) is 0 Å². The van der Waals surface area contributed by atoms with Crippen molar-refractivity contribution in [2.24, 2.45) is 0 Å². The summed E-state index contributed by atoms with van der Waals surface area (Å²) in [5.74, 6) is 0.887. The maximum atomic E-state index is 4.88. The summed E-state index contributed by atoms with van der Waals surface area (Å²) >= 11 is 0. The minimum Gasteiger partial charge on any atom is -0.313 e. The van der Waals surface area contributed by atoms with Crippen LogP contribution in [0.15, 0.2) is 176 Å². The highest BCUT2D eigenvalue weighted by atomic mass is 15.1. The molecule has 0 N–H and O–H groups in total. The molecule has 2 aliphatic heterocycles. The van der Waals surface area contributed by atoms with E-state index in [1.807, 2.05) is 18.5 Å². The maximum absolute atomic E-state index is 4.88. The van der Waals surface area contributed by atoms with Gasteiger partial charge in [0.2, 0.25) is 0 Å². The lowest BCUT2D eigenvalue weighted by Gasteiger charge is -2.35. The third kappa shape index (κ3) is 3.78. The van der Waals surface area contributed by atoms with E-state index in [1.165, 1.54) is 99.5 Å². The molecule has 6 heteroatoms. The van der Waals surface area contributed by atoms with Crippen molar-refractivity contribution < 1.29 is 0 Å². The van der Waals surface area contributed by atoms with Gasteiger partial charge in [0.1, 0.15) is 5.65 Å². The van der Waals surface area contributed by atoms with E-state index in [-0.39, 0.29) is 12.6 Å². The molecule has 58 heavy (non-hydrogen) atoms. The van der Waals surface area contributed by atoms with E-state index < -0.39 is 0 Å². The Morgan fingerprint density at radius 3 is 2.02 bits per heavy atom. The van der Waals surface area contributed by atoms with Gasteiger partial charge < -0.3 is 4.57 Å². The quantitative estimate of drug-likeness (QED) is 0.170. The Morgan fingerprint density at radius 1 is 0.552 bits per heavy atom. The second kappa shape index (κ2) is 11.1. The molecule has 0 saturated carbocycles. The normalized spacial score (nSPS) is 14.6. The summed E-state index contributed by atoms with van der Waals surface area (Å²) in [4.78, 5) is 9.76. The zero-order valence-electron chi connectivity index (χ0n) is 31.3. The average molecular weight is 738 g/mol. The number of hydrogen-bond donors (Lipinski definition) is 0. The molecule has 0 bridgehead atoms. The van der Waals surface area contributed by atoms with Crippen molar-refractivity contribution in [2.75, 3.05) is 0 Å². The van der Waals surface area contributed by atoms with Crippen molar-refractivity contribution in [1.29, 1.82) is 0 Å². The van der Waals surface area contributed by atoms with Gasteiger partial charge in [-0.05, 0) is 75.9 Å². The van der Waals surface area contributed by atoms with Gasteiger partial charge >= 0.3 is 0 Å². The summed E-state index contributed by atoms with van der Waals surface area (Å²) in [6.07, 6.45) is 4.65. The van der Waals surface area contributed by atoms with Crippen molar-refractivity contribution in [2.45, 2.75) is 12.3 Å². The first-order valence-electron chi connectivity index (χ1n) is 20.2. The Bertz CT molecular complexity index is 3540. The second-order valence-corrected chi connectivity index (χ2v) is 16.1. The van der Waals surface area contributed by atoms with Crippen molar-refractivity contribution in [3.63, 3.8) is 0 Å². The number of aromatic nitrogens is 5. The van der Waals surface area contributed by atoms with E-state index in [0.717, 1.165) is 23.5 Å². The first-order chi connectivity index (χ1) is 28.8. The zero-order valence-corrected chi connectivity index (χ0v) is 31.3. The van der Waals surface area contributed by atoms with Crippen LogP contribution in [0.1, 0.15) is 22.7 Å². The van der Waals surface area contributed by atoms with Gasteiger partial charge in [0, 0.05) is 79.3 Å². The number of rotatable bonds is 3. The first kappa shape index (κ1) is 30.7. The minimum absolute atomic E-state index is 0.0281. The van der Waals surface area contributed by atoms with Gasteiger partial charge in [-0.25, -0.2) is 9.97 Å². The Morgan fingerprint density at radius 2 is 1.21 bits per heavy atom. The average Bonchev–Trinajstić information content (AvgIpc) is 3.94. The van der Waals surface area contributed by atoms with Crippen LogP contribution in [0.3, 0.4) is 0 Å². The predicted molar refractivity (Wildman–Crippen MR) is 238 cm³/mol. The summed E-state index contributed by atoms with van der Waals surface area (Å²) in [6, 6.07) is 60.7. The van der Waals surface area contributed by atoms with Crippen LogP contribution in [-0.2, 0) is 6.42 Å². The Labute approximate surface area is 334 Å². The Kier molecular flexibility index (Phi) is 5.89. The molecular weight excluding hydrogens is 705 g/mol. The van der Waals surface area contributed by atoms with Gasteiger partial charge in [-0.15, -0.1) is 0 Å². The molecule has 0 amide bonds. The van der Waals surface area contributed by atoms with E-state index in [9.17, 15) is 0 Å². The zero-order chi connectivity index (χ0) is 37.6. The highest BCUT2D eigenvalue weighted by molar-refractivity contribution is 7.00. The molecule has 1 aliphatic carbocycles. The number of para-hydroxylation sites is 4. The van der Waals surface area contributed by atoms with Crippen molar-refractivity contribution in [3.8, 4) is 39.6 Å². The van der Waals surface area contributed by atoms with Gasteiger partial charge in [0.25, 0.3) is 6.71 Å². The smallest absolute Gasteiger partial charge is 0.252 e. The van der Waals surface area contributed by atoms with E-state index in [2.05, 4.69) is 171 Å². The lowest BCUT2D eigenvalue weighted by atomic mass is 9.34. The number of nitrogens with zero attached hydrogens (tertiary/aromatic N) is 5. The molecule has 0 spiro atoms. The second-order valence-electron chi connectivity index (χ2n) is 16.1. The lowest BCUT2D eigenvalue weighted by molar-refractivity contribution is 0.746. The molecular formula is C52H32BN5. The van der Waals surface area contributed by atoms with E-state index in [0.29, 0.717) is 0 Å². The summed E-state index contributed by atoms with van der Waals surface area (Å²) < 4.78 is 7.72. The monoisotopic (exact) mass is 737 g/mol. The number of hydrogen-bond acceptors (Lipinski definition) is 2. The minimum atomic E-state index is 0.0281. The molecule has 4 aromatic heterocycles. The molecule has 0 radical (unpaired) electrons. The van der Waals surface area contributed by atoms with Crippen molar-refractivity contribution in [1.82, 2.24) is 23.7 Å². The topological polar surface area (TPSA) is 40.6 Å². The molecule has 5 nitrogen and oxygen atoms in total. The standard InChI is InChI=1S/C52H32BN5/c1-3-14-31(15-4-1)39-28-32-16-7-8-19-35(32)45-37-21-11-23-40-48(37)57(50(39)45)43-29-33(51-54-26-13-27-55-51)30-44-47(43)53(40)41-24-12-22-38-46-36-20-9-10-25-42(36)56(34-17-5-2-6-18-34)52(46)58(44)49(38)41/h1-27,29-30,39H,28H2. The molecule has 3 aliphatic rings. The SMILES string of the molecule is c1ccc(C2Cc3ccccc3-c3c2n2c4c(cccc34)B3c4c-2cc(-c2ncccn2)cc4-n2c4c3cccc4c3c4ccccc4n(-c4ccccc4)c32)cc1. The molecule has 0 fully saturated rings. The van der Waals surface area contributed by atoms with E-state index in [1.54, 1.807) is 0 Å². The van der Waals surface area contributed by atoms with E-state index >= 15 is 0 Å². The fourth-order valence-electron chi connectivity index (χ4n) is 11.2. The van der Waals surface area contributed by atoms with Gasteiger partial charge in [-0.1, -0.05) is 127 Å². The molecule has 14 rings (SSSR count). The Balaban J connectivity index is 1.21. The first-order valence-corrected chi connectivity index (χ1v) is 20.2. The van der Waals surface area contributed by atoms with Crippen LogP contribution in [-0.4, -0.2) is 30.4 Å². The van der Waals surface area contributed by atoms with Crippen molar-refractivity contribution >= 4 is 66.8 Å². The third-order valence-corrected chi connectivity index (χ3v) is 13.3. The molecule has 268 valence electrons. The molecule has 0 saturated heterocycles. The maximum Gasteiger partial charge on any atom is 0.252 e. The van der Waals surface area contributed by atoms with Crippen molar-refractivity contribution in [3.05, 3.63) is 193 Å². The summed E-state index contributed by atoms with van der Waals surface area (Å²) in [5, 5.41) is 5.12. The van der Waals surface area contributed by atoms with Crippen LogP contribution in [0, 0.1) is 0 Å². The van der Waals surface area contributed by atoms with Crippen LogP contribution in [0.25, 0.3) is 83.3 Å². The highest BCUT2D eigenvalue weighted by Gasteiger charge is 2.44.